The van der Waals surface area contributed by atoms with Crippen LogP contribution in [0.15, 0.2) is 18.5 Å². The summed E-state index contributed by atoms with van der Waals surface area (Å²) in [5, 5.41) is 6.34. The minimum absolute atomic E-state index is 0.00759. The number of carbonyl (C=O) groups excluding carboxylic acids is 1. The second kappa shape index (κ2) is 8.76. The van der Waals surface area contributed by atoms with Gasteiger partial charge in [0, 0.05) is 31.6 Å². The van der Waals surface area contributed by atoms with Crippen LogP contribution in [0.25, 0.3) is 0 Å². The predicted octanol–water partition coefficient (Wildman–Crippen LogP) is 1.70. The van der Waals surface area contributed by atoms with Crippen LogP contribution in [0.3, 0.4) is 0 Å². The van der Waals surface area contributed by atoms with Gasteiger partial charge in [0.1, 0.15) is 6.54 Å². The van der Waals surface area contributed by atoms with Gasteiger partial charge in [-0.2, -0.15) is 0 Å². The number of aromatic nitrogens is 1. The van der Waals surface area contributed by atoms with Crippen LogP contribution >= 0.6 is 0 Å². The third-order valence-corrected chi connectivity index (χ3v) is 3.18. The smallest absolute Gasteiger partial charge is 0.240 e. The minimum atomic E-state index is 0.00759. The van der Waals surface area contributed by atoms with Gasteiger partial charge in [-0.15, -0.1) is 0 Å². The number of amides is 1. The number of nitrogens with zero attached hydrogens (tertiary/aromatic N) is 1. The van der Waals surface area contributed by atoms with Gasteiger partial charge in [-0.1, -0.05) is 13.8 Å². The lowest BCUT2D eigenvalue weighted by molar-refractivity contribution is -0.122. The lowest BCUT2D eigenvalue weighted by Gasteiger charge is -2.14. The molecule has 1 aromatic heterocycles. The second-order valence-corrected chi connectivity index (χ2v) is 5.06. The van der Waals surface area contributed by atoms with E-state index in [1.165, 1.54) is 5.56 Å². The van der Waals surface area contributed by atoms with Gasteiger partial charge >= 0.3 is 0 Å². The fourth-order valence-corrected chi connectivity index (χ4v) is 2.29. The highest BCUT2D eigenvalue weighted by Gasteiger charge is 2.11. The third kappa shape index (κ3) is 5.35. The summed E-state index contributed by atoms with van der Waals surface area (Å²) >= 11 is 0. The molecule has 2 atom stereocenters. The summed E-state index contributed by atoms with van der Waals surface area (Å²) in [6, 6.07) is 2.47. The first-order valence-corrected chi connectivity index (χ1v) is 7.28. The van der Waals surface area contributed by atoms with Crippen LogP contribution in [0, 0.1) is 0 Å². The molecule has 5 heteroatoms. The van der Waals surface area contributed by atoms with E-state index in [2.05, 4.69) is 30.5 Å². The molecule has 1 heterocycles. The van der Waals surface area contributed by atoms with Crippen LogP contribution in [-0.4, -0.2) is 36.8 Å². The molecule has 0 saturated carbocycles. The van der Waals surface area contributed by atoms with E-state index in [0.717, 1.165) is 13.0 Å². The molecule has 0 saturated heterocycles. The Kier molecular flexibility index (Phi) is 7.33. The molecule has 0 radical (unpaired) electrons. The topological polar surface area (TPSA) is 55.3 Å². The largest absolute Gasteiger partial charge is 0.383 e. The van der Waals surface area contributed by atoms with Crippen molar-refractivity contribution >= 4 is 5.91 Å². The molecule has 1 amide bonds. The monoisotopic (exact) mass is 281 g/mol. The molecule has 1 rings (SSSR count). The summed E-state index contributed by atoms with van der Waals surface area (Å²) in [4.78, 5) is 11.9. The van der Waals surface area contributed by atoms with Gasteiger partial charge in [-0.05, 0) is 31.5 Å². The van der Waals surface area contributed by atoms with Crippen LogP contribution in [-0.2, 0) is 16.1 Å². The van der Waals surface area contributed by atoms with E-state index in [9.17, 15) is 4.79 Å². The molecule has 2 unspecified atom stereocenters. The minimum Gasteiger partial charge on any atom is -0.383 e. The molecule has 0 bridgehead atoms. The van der Waals surface area contributed by atoms with E-state index in [4.69, 9.17) is 4.74 Å². The maximum absolute atomic E-state index is 11.9. The van der Waals surface area contributed by atoms with Gasteiger partial charge in [-0.3, -0.25) is 4.79 Å². The van der Waals surface area contributed by atoms with Crippen molar-refractivity contribution in [3.63, 3.8) is 0 Å². The molecule has 0 fully saturated rings. The van der Waals surface area contributed by atoms with Crippen LogP contribution in [0.5, 0.6) is 0 Å². The molecule has 0 aliphatic rings. The van der Waals surface area contributed by atoms with Crippen molar-refractivity contribution in [2.75, 3.05) is 20.3 Å². The highest BCUT2D eigenvalue weighted by molar-refractivity contribution is 5.76. The van der Waals surface area contributed by atoms with Crippen molar-refractivity contribution in [1.82, 2.24) is 15.2 Å². The Bertz CT molecular complexity index is 404. The number of methoxy groups -OCH3 is 1. The average molecular weight is 281 g/mol. The molecule has 0 aromatic carbocycles. The summed E-state index contributed by atoms with van der Waals surface area (Å²) < 4.78 is 6.92. The van der Waals surface area contributed by atoms with Crippen molar-refractivity contribution in [1.29, 1.82) is 0 Å². The average Bonchev–Trinajstić information content (AvgIpc) is 2.84. The molecule has 2 N–H and O–H groups in total. The van der Waals surface area contributed by atoms with E-state index in [1.54, 1.807) is 7.11 Å². The van der Waals surface area contributed by atoms with Gasteiger partial charge in [0.25, 0.3) is 0 Å². The fraction of sp³-hybridized carbons (Fsp3) is 0.667. The molecule has 20 heavy (non-hydrogen) atoms. The number of hydrogen-bond donors (Lipinski definition) is 2. The highest BCUT2D eigenvalue weighted by Crippen LogP contribution is 2.16. The first kappa shape index (κ1) is 16.7. The highest BCUT2D eigenvalue weighted by atomic mass is 16.5. The second-order valence-electron chi connectivity index (χ2n) is 5.06. The quantitative estimate of drug-likeness (QED) is 0.724. The normalized spacial score (nSPS) is 14.0. The summed E-state index contributed by atoms with van der Waals surface area (Å²) in [5.74, 6) is 0.00759. The van der Waals surface area contributed by atoms with Crippen molar-refractivity contribution < 1.29 is 9.53 Å². The summed E-state index contributed by atoms with van der Waals surface area (Å²) in [6.45, 7) is 8.01. The zero-order valence-corrected chi connectivity index (χ0v) is 13.0. The van der Waals surface area contributed by atoms with E-state index in [0.29, 0.717) is 19.2 Å². The third-order valence-electron chi connectivity index (χ3n) is 3.18. The van der Waals surface area contributed by atoms with E-state index in [1.807, 2.05) is 23.9 Å². The lowest BCUT2D eigenvalue weighted by Crippen LogP contribution is -2.37. The van der Waals surface area contributed by atoms with Crippen molar-refractivity contribution in [2.45, 2.75) is 45.8 Å². The molecule has 0 aliphatic heterocycles. The molecule has 5 nitrogen and oxygen atoms in total. The van der Waals surface area contributed by atoms with Crippen LogP contribution in [0.2, 0.25) is 0 Å². The van der Waals surface area contributed by atoms with Crippen LogP contribution < -0.4 is 10.6 Å². The Balaban J connectivity index is 2.52. The number of carbonyl (C=O) groups is 1. The Morgan fingerprint density at radius 2 is 2.20 bits per heavy atom. The Morgan fingerprint density at radius 3 is 2.80 bits per heavy atom. The lowest BCUT2D eigenvalue weighted by atomic mass is 10.1. The maximum atomic E-state index is 11.9. The fourth-order valence-electron chi connectivity index (χ4n) is 2.29. The molecular weight excluding hydrogens is 254 g/mol. The number of nitrogens with one attached hydrogen (secondary N) is 2. The molecule has 0 spiro atoms. The predicted molar refractivity (Wildman–Crippen MR) is 80.6 cm³/mol. The molecule has 1 aromatic rings. The Labute approximate surface area is 121 Å². The van der Waals surface area contributed by atoms with E-state index >= 15 is 0 Å². The standard InChI is InChI=1S/C15H27N3O2/c1-5-14(16-6-2)13-7-8-18(9-13)10-15(19)17-12(3)11-20-4/h7-9,12,14,16H,5-6,10-11H2,1-4H3,(H,17,19). The van der Waals surface area contributed by atoms with Crippen molar-refractivity contribution in [2.24, 2.45) is 0 Å². The van der Waals surface area contributed by atoms with Gasteiger partial charge in [0.2, 0.25) is 5.91 Å². The molecule has 0 aliphatic carbocycles. The molecule has 114 valence electrons. The van der Waals surface area contributed by atoms with Crippen molar-refractivity contribution in [3.8, 4) is 0 Å². The van der Waals surface area contributed by atoms with Crippen molar-refractivity contribution in [3.05, 3.63) is 24.0 Å². The van der Waals surface area contributed by atoms with Gasteiger partial charge in [0.15, 0.2) is 0 Å². The number of hydrogen-bond acceptors (Lipinski definition) is 3. The SMILES string of the molecule is CCNC(CC)c1ccn(CC(=O)NC(C)COC)c1. The number of ether oxygens (including phenoxy) is 1. The Morgan fingerprint density at radius 1 is 1.45 bits per heavy atom. The first-order chi connectivity index (χ1) is 9.60. The Hall–Kier alpha value is -1.33. The van der Waals surface area contributed by atoms with Gasteiger partial charge < -0.3 is 19.9 Å². The zero-order valence-electron chi connectivity index (χ0n) is 13.0. The van der Waals surface area contributed by atoms with E-state index < -0.39 is 0 Å². The van der Waals surface area contributed by atoms with Crippen LogP contribution in [0.1, 0.15) is 38.8 Å². The first-order valence-electron chi connectivity index (χ1n) is 7.28. The summed E-state index contributed by atoms with van der Waals surface area (Å²) in [6.07, 6.45) is 5.03. The zero-order chi connectivity index (χ0) is 15.0. The van der Waals surface area contributed by atoms with E-state index in [-0.39, 0.29) is 11.9 Å². The maximum Gasteiger partial charge on any atom is 0.240 e. The molecular formula is C15H27N3O2. The summed E-state index contributed by atoms with van der Waals surface area (Å²) in [5.41, 5.74) is 1.23. The summed E-state index contributed by atoms with van der Waals surface area (Å²) in [7, 11) is 1.63. The number of rotatable bonds is 9. The van der Waals surface area contributed by atoms with Crippen LogP contribution in [0.4, 0.5) is 0 Å². The van der Waals surface area contributed by atoms with Gasteiger partial charge in [-0.25, -0.2) is 0 Å². The van der Waals surface area contributed by atoms with Gasteiger partial charge in [0.05, 0.1) is 6.61 Å².